The summed E-state index contributed by atoms with van der Waals surface area (Å²) in [7, 11) is 0. The topological polar surface area (TPSA) is 84.7 Å². The fourth-order valence-corrected chi connectivity index (χ4v) is 3.94. The van der Waals surface area contributed by atoms with Crippen molar-refractivity contribution in [3.8, 4) is 17.1 Å². The minimum atomic E-state index is -4.78. The van der Waals surface area contributed by atoms with Crippen LogP contribution in [-0.4, -0.2) is 46.9 Å². The van der Waals surface area contributed by atoms with Gasteiger partial charge in [-0.3, -0.25) is 9.59 Å². The van der Waals surface area contributed by atoms with Crippen molar-refractivity contribution in [3.05, 3.63) is 36.0 Å². The standard InChI is InChI=1S/C23H28F3N3O4/c1-13(2)9-16-12-29(19(10-14(3)4)21(30)27-16)22(31)18-11-20(33-28-18)15-5-7-17(8-6-15)32-23(24,25)26/h5-8,11,13-14,16,19H,9-10,12H2,1-4H3,(H,27,30). The van der Waals surface area contributed by atoms with Gasteiger partial charge in [0, 0.05) is 24.2 Å². The van der Waals surface area contributed by atoms with E-state index in [1.807, 2.05) is 27.7 Å². The third kappa shape index (κ3) is 6.49. The normalized spacial score (nSPS) is 19.2. The molecule has 2 atom stereocenters. The van der Waals surface area contributed by atoms with E-state index >= 15 is 0 Å². The van der Waals surface area contributed by atoms with Crippen molar-refractivity contribution in [2.24, 2.45) is 11.8 Å². The predicted octanol–water partition coefficient (Wildman–Crippen LogP) is 4.64. The van der Waals surface area contributed by atoms with Crippen LogP contribution in [0.4, 0.5) is 13.2 Å². The molecule has 1 aromatic heterocycles. The summed E-state index contributed by atoms with van der Waals surface area (Å²) in [6.07, 6.45) is -3.54. The van der Waals surface area contributed by atoms with Crippen molar-refractivity contribution in [2.45, 2.75) is 59.0 Å². The first-order valence-electron chi connectivity index (χ1n) is 10.9. The first-order chi connectivity index (χ1) is 15.4. The van der Waals surface area contributed by atoms with Gasteiger partial charge in [0.05, 0.1) is 0 Å². The van der Waals surface area contributed by atoms with E-state index in [1.165, 1.54) is 18.2 Å². The van der Waals surface area contributed by atoms with E-state index in [1.54, 1.807) is 4.90 Å². The second-order valence-electron chi connectivity index (χ2n) is 9.09. The van der Waals surface area contributed by atoms with Gasteiger partial charge in [-0.15, -0.1) is 13.2 Å². The molecule has 10 heteroatoms. The zero-order chi connectivity index (χ0) is 24.3. The second kappa shape index (κ2) is 9.84. The lowest BCUT2D eigenvalue weighted by molar-refractivity contribution is -0.274. The van der Waals surface area contributed by atoms with Crippen LogP contribution in [0.2, 0.25) is 0 Å². The maximum Gasteiger partial charge on any atom is 0.573 e. The Bertz CT molecular complexity index is 970. The van der Waals surface area contributed by atoms with E-state index in [0.29, 0.717) is 24.4 Å². The Balaban J connectivity index is 1.80. The molecule has 1 aliphatic heterocycles. The molecule has 33 heavy (non-hydrogen) atoms. The minimum absolute atomic E-state index is 0.0346. The summed E-state index contributed by atoms with van der Waals surface area (Å²) >= 11 is 0. The number of rotatable bonds is 7. The fourth-order valence-electron chi connectivity index (χ4n) is 3.94. The van der Waals surface area contributed by atoms with E-state index in [0.717, 1.165) is 18.6 Å². The zero-order valence-corrected chi connectivity index (χ0v) is 19.0. The largest absolute Gasteiger partial charge is 0.573 e. The number of alkyl halides is 3. The summed E-state index contributed by atoms with van der Waals surface area (Å²) < 4.78 is 46.2. The van der Waals surface area contributed by atoms with E-state index in [9.17, 15) is 22.8 Å². The molecule has 2 heterocycles. The first kappa shape index (κ1) is 24.6. The number of carbonyl (C=O) groups excluding carboxylic acids is 2. The molecule has 1 saturated heterocycles. The lowest BCUT2D eigenvalue weighted by Gasteiger charge is -2.40. The zero-order valence-electron chi connectivity index (χ0n) is 19.0. The minimum Gasteiger partial charge on any atom is -0.406 e. The molecule has 2 unspecified atom stereocenters. The molecule has 1 aromatic carbocycles. The van der Waals surface area contributed by atoms with Gasteiger partial charge in [-0.05, 0) is 48.9 Å². The van der Waals surface area contributed by atoms with Crippen molar-refractivity contribution in [1.29, 1.82) is 0 Å². The van der Waals surface area contributed by atoms with Crippen LogP contribution in [-0.2, 0) is 4.79 Å². The van der Waals surface area contributed by atoms with Crippen molar-refractivity contribution in [1.82, 2.24) is 15.4 Å². The number of ether oxygens (including phenoxy) is 1. The highest BCUT2D eigenvalue weighted by molar-refractivity contribution is 5.97. The molecule has 1 N–H and O–H groups in total. The van der Waals surface area contributed by atoms with Crippen LogP contribution in [0.15, 0.2) is 34.9 Å². The molecule has 0 spiro atoms. The number of amides is 2. The average molecular weight is 467 g/mol. The summed E-state index contributed by atoms with van der Waals surface area (Å²) in [5.74, 6) is -0.208. The molecular weight excluding hydrogens is 439 g/mol. The van der Waals surface area contributed by atoms with E-state index in [2.05, 4.69) is 15.2 Å². The second-order valence-corrected chi connectivity index (χ2v) is 9.09. The predicted molar refractivity (Wildman–Crippen MR) is 114 cm³/mol. The van der Waals surface area contributed by atoms with Gasteiger partial charge in [-0.2, -0.15) is 0 Å². The van der Waals surface area contributed by atoms with Gasteiger partial charge < -0.3 is 19.5 Å². The molecule has 1 aliphatic rings. The molecule has 7 nitrogen and oxygen atoms in total. The number of nitrogens with one attached hydrogen (secondary N) is 1. The molecule has 0 aliphatic carbocycles. The number of benzene rings is 1. The molecular formula is C23H28F3N3O4. The Labute approximate surface area is 190 Å². The Morgan fingerprint density at radius 2 is 1.82 bits per heavy atom. The van der Waals surface area contributed by atoms with Crippen molar-refractivity contribution in [2.75, 3.05) is 6.54 Å². The average Bonchev–Trinajstić information content (AvgIpc) is 3.18. The molecule has 0 bridgehead atoms. The number of carbonyl (C=O) groups is 2. The number of halogens is 3. The Kier molecular flexibility index (Phi) is 7.34. The monoisotopic (exact) mass is 467 g/mol. The van der Waals surface area contributed by atoms with Crippen LogP contribution in [0.5, 0.6) is 5.75 Å². The van der Waals surface area contributed by atoms with Gasteiger partial charge >= 0.3 is 6.36 Å². The molecule has 3 rings (SSSR count). The van der Waals surface area contributed by atoms with Crippen LogP contribution < -0.4 is 10.1 Å². The van der Waals surface area contributed by atoms with Crippen molar-refractivity contribution >= 4 is 11.8 Å². The van der Waals surface area contributed by atoms with Gasteiger partial charge in [0.2, 0.25) is 5.91 Å². The summed E-state index contributed by atoms with van der Waals surface area (Å²) in [5.41, 5.74) is 0.469. The van der Waals surface area contributed by atoms with Crippen LogP contribution in [0.25, 0.3) is 11.3 Å². The molecule has 0 radical (unpaired) electrons. The molecule has 1 fully saturated rings. The number of hydrogen-bond donors (Lipinski definition) is 1. The Hall–Kier alpha value is -3.04. The molecule has 2 aromatic rings. The fraction of sp³-hybridized carbons (Fsp3) is 0.522. The smallest absolute Gasteiger partial charge is 0.406 e. The SMILES string of the molecule is CC(C)CC1CN(C(=O)c2cc(-c3ccc(OC(F)(F)F)cc3)on2)C(CC(C)C)C(=O)N1. The van der Waals surface area contributed by atoms with Gasteiger partial charge in [0.1, 0.15) is 11.8 Å². The van der Waals surface area contributed by atoms with Gasteiger partial charge in [-0.25, -0.2) is 0 Å². The quantitative estimate of drug-likeness (QED) is 0.641. The number of hydrogen-bond acceptors (Lipinski definition) is 5. The highest BCUT2D eigenvalue weighted by Crippen LogP contribution is 2.28. The first-order valence-corrected chi connectivity index (χ1v) is 10.9. The van der Waals surface area contributed by atoms with E-state index in [4.69, 9.17) is 4.52 Å². The number of piperazine rings is 1. The van der Waals surface area contributed by atoms with Gasteiger partial charge in [-0.1, -0.05) is 32.9 Å². The highest BCUT2D eigenvalue weighted by atomic mass is 19.4. The van der Waals surface area contributed by atoms with Crippen LogP contribution in [0, 0.1) is 11.8 Å². The van der Waals surface area contributed by atoms with Crippen LogP contribution in [0.3, 0.4) is 0 Å². The summed E-state index contributed by atoms with van der Waals surface area (Å²) in [6.45, 7) is 8.43. The maximum absolute atomic E-state index is 13.3. The maximum atomic E-state index is 13.3. The number of aromatic nitrogens is 1. The van der Waals surface area contributed by atoms with Crippen molar-refractivity contribution < 1.29 is 32.0 Å². The third-order valence-corrected chi connectivity index (χ3v) is 5.26. The molecule has 0 saturated carbocycles. The summed E-state index contributed by atoms with van der Waals surface area (Å²) in [6, 6.07) is 5.72. The third-order valence-electron chi connectivity index (χ3n) is 5.26. The van der Waals surface area contributed by atoms with Crippen LogP contribution >= 0.6 is 0 Å². The Morgan fingerprint density at radius 1 is 1.18 bits per heavy atom. The molecule has 180 valence electrons. The number of nitrogens with zero attached hydrogens (tertiary/aromatic N) is 2. The van der Waals surface area contributed by atoms with Gasteiger partial charge in [0.15, 0.2) is 11.5 Å². The van der Waals surface area contributed by atoms with Crippen molar-refractivity contribution in [3.63, 3.8) is 0 Å². The summed E-state index contributed by atoms with van der Waals surface area (Å²) in [4.78, 5) is 27.6. The van der Waals surface area contributed by atoms with E-state index in [-0.39, 0.29) is 35.1 Å². The highest BCUT2D eigenvalue weighted by Gasteiger charge is 2.39. The van der Waals surface area contributed by atoms with E-state index < -0.39 is 18.3 Å². The van der Waals surface area contributed by atoms with Crippen LogP contribution in [0.1, 0.15) is 51.0 Å². The summed E-state index contributed by atoms with van der Waals surface area (Å²) in [5, 5.41) is 6.89. The molecule has 2 amide bonds. The lowest BCUT2D eigenvalue weighted by Crippen LogP contribution is -2.62. The van der Waals surface area contributed by atoms with Gasteiger partial charge in [0.25, 0.3) is 5.91 Å². The lowest BCUT2D eigenvalue weighted by atomic mass is 9.94. The Morgan fingerprint density at radius 3 is 2.39 bits per heavy atom.